The molecule has 4 aromatic rings. The van der Waals surface area contributed by atoms with Crippen molar-refractivity contribution in [1.29, 1.82) is 0 Å². The smallest absolute Gasteiger partial charge is 0.326 e. The SMILES string of the molecule is COc1cc([C@H](Nc2ccc(C(N)=NO)cc2)C(=O)N[C@@H](Cc2ccccc2)C(=O)O)ccc1OCc1ccccc1. The van der Waals surface area contributed by atoms with E-state index in [4.69, 9.17) is 20.4 Å². The van der Waals surface area contributed by atoms with Crippen molar-refractivity contribution < 1.29 is 29.4 Å². The van der Waals surface area contributed by atoms with Gasteiger partial charge in [-0.1, -0.05) is 71.9 Å². The van der Waals surface area contributed by atoms with Crippen molar-refractivity contribution in [3.63, 3.8) is 0 Å². The number of hydrogen-bond acceptors (Lipinski definition) is 7. The summed E-state index contributed by atoms with van der Waals surface area (Å²) < 4.78 is 11.5. The molecule has 0 bridgehead atoms. The highest BCUT2D eigenvalue weighted by Gasteiger charge is 2.28. The molecule has 216 valence electrons. The van der Waals surface area contributed by atoms with Crippen molar-refractivity contribution in [2.45, 2.75) is 25.1 Å². The van der Waals surface area contributed by atoms with Crippen LogP contribution in [0.3, 0.4) is 0 Å². The fourth-order valence-corrected chi connectivity index (χ4v) is 4.29. The third-order valence-corrected chi connectivity index (χ3v) is 6.52. The monoisotopic (exact) mass is 568 g/mol. The highest BCUT2D eigenvalue weighted by molar-refractivity contribution is 5.97. The minimum Gasteiger partial charge on any atom is -0.493 e. The molecule has 0 heterocycles. The number of carboxylic acid groups (broad SMARTS) is 1. The van der Waals surface area contributed by atoms with Gasteiger partial charge in [-0.2, -0.15) is 0 Å². The van der Waals surface area contributed by atoms with Gasteiger partial charge in [-0.25, -0.2) is 4.79 Å². The van der Waals surface area contributed by atoms with Gasteiger partial charge in [0.15, 0.2) is 17.3 Å². The third kappa shape index (κ3) is 7.79. The first-order valence-corrected chi connectivity index (χ1v) is 13.1. The highest BCUT2D eigenvalue weighted by Crippen LogP contribution is 2.32. The minimum atomic E-state index is -1.16. The molecule has 0 unspecified atom stereocenters. The van der Waals surface area contributed by atoms with E-state index < -0.39 is 24.0 Å². The number of anilines is 1. The normalized spacial score (nSPS) is 12.5. The van der Waals surface area contributed by atoms with Gasteiger partial charge in [-0.15, -0.1) is 0 Å². The lowest BCUT2D eigenvalue weighted by molar-refractivity contribution is -0.141. The average molecular weight is 569 g/mol. The lowest BCUT2D eigenvalue weighted by Crippen LogP contribution is -2.45. The van der Waals surface area contributed by atoms with Crippen LogP contribution in [0.25, 0.3) is 0 Å². The summed E-state index contributed by atoms with van der Waals surface area (Å²) in [5.41, 5.74) is 8.97. The van der Waals surface area contributed by atoms with Crippen LogP contribution in [0.4, 0.5) is 5.69 Å². The molecule has 10 heteroatoms. The van der Waals surface area contributed by atoms with Crippen molar-refractivity contribution in [1.82, 2.24) is 5.32 Å². The first-order valence-electron chi connectivity index (χ1n) is 13.1. The number of rotatable bonds is 13. The second kappa shape index (κ2) is 14.2. The number of hydrogen-bond donors (Lipinski definition) is 5. The Kier molecular flexibility index (Phi) is 9.98. The molecule has 0 radical (unpaired) electrons. The van der Waals surface area contributed by atoms with E-state index in [1.165, 1.54) is 7.11 Å². The van der Waals surface area contributed by atoms with Crippen LogP contribution in [0.2, 0.25) is 0 Å². The van der Waals surface area contributed by atoms with Crippen LogP contribution in [-0.4, -0.2) is 41.2 Å². The summed E-state index contributed by atoms with van der Waals surface area (Å²) in [5.74, 6) is -0.878. The number of carboxylic acids is 1. The Balaban J connectivity index is 1.62. The number of ether oxygens (including phenoxy) is 2. The molecule has 0 spiro atoms. The van der Waals surface area contributed by atoms with Gasteiger partial charge < -0.3 is 36.2 Å². The molecule has 0 fully saturated rings. The summed E-state index contributed by atoms with van der Waals surface area (Å²) in [6, 6.07) is 28.3. The van der Waals surface area contributed by atoms with Crippen molar-refractivity contribution in [3.05, 3.63) is 125 Å². The van der Waals surface area contributed by atoms with Crippen LogP contribution in [-0.2, 0) is 22.6 Å². The molecule has 0 aliphatic rings. The molecule has 2 atom stereocenters. The lowest BCUT2D eigenvalue weighted by Gasteiger charge is -2.24. The quantitative estimate of drug-likeness (QED) is 0.0691. The van der Waals surface area contributed by atoms with E-state index in [1.807, 2.05) is 48.5 Å². The highest BCUT2D eigenvalue weighted by atomic mass is 16.5. The Bertz CT molecular complexity index is 1510. The first-order chi connectivity index (χ1) is 20.4. The van der Waals surface area contributed by atoms with Crippen LogP contribution in [0, 0.1) is 0 Å². The standard InChI is InChI=1S/C32H32N4O6/c1-41-28-19-24(14-17-27(28)42-20-22-10-6-3-7-11-22)29(34-25-15-12-23(13-16-25)30(33)36-40)31(37)35-26(32(38)39)18-21-8-4-2-5-9-21/h2-17,19,26,29,34,40H,18,20H2,1H3,(H2,33,36)(H,35,37)(H,38,39)/t26-,29-/m0/s1. The average Bonchev–Trinajstić information content (AvgIpc) is 3.03. The number of aliphatic carboxylic acids is 1. The Labute approximate surface area is 243 Å². The molecule has 0 saturated carbocycles. The predicted molar refractivity (Wildman–Crippen MR) is 159 cm³/mol. The summed E-state index contributed by atoms with van der Waals surface area (Å²) in [6.45, 7) is 0.325. The van der Waals surface area contributed by atoms with Crippen LogP contribution >= 0.6 is 0 Å². The number of amidine groups is 1. The molecule has 42 heavy (non-hydrogen) atoms. The van der Waals surface area contributed by atoms with Gasteiger partial charge in [0.1, 0.15) is 18.7 Å². The zero-order chi connectivity index (χ0) is 29.9. The Morgan fingerprint density at radius 3 is 2.12 bits per heavy atom. The molecule has 10 nitrogen and oxygen atoms in total. The second-order valence-corrected chi connectivity index (χ2v) is 9.41. The minimum absolute atomic E-state index is 0.0584. The topological polar surface area (TPSA) is 155 Å². The first kappa shape index (κ1) is 29.5. The van der Waals surface area contributed by atoms with Gasteiger partial charge in [0.05, 0.1) is 7.11 Å². The van der Waals surface area contributed by atoms with Gasteiger partial charge in [-0.05, 0) is 53.1 Å². The van der Waals surface area contributed by atoms with E-state index in [9.17, 15) is 14.7 Å². The zero-order valence-corrected chi connectivity index (χ0v) is 22.9. The fourth-order valence-electron chi connectivity index (χ4n) is 4.29. The summed E-state index contributed by atoms with van der Waals surface area (Å²) in [4.78, 5) is 25.8. The fraction of sp³-hybridized carbons (Fsp3) is 0.156. The van der Waals surface area contributed by atoms with Crippen LogP contribution in [0.5, 0.6) is 11.5 Å². The van der Waals surface area contributed by atoms with E-state index in [2.05, 4.69) is 15.8 Å². The molecule has 0 saturated heterocycles. The number of carbonyl (C=O) groups excluding carboxylic acids is 1. The molecule has 4 rings (SSSR count). The molecule has 4 aromatic carbocycles. The van der Waals surface area contributed by atoms with Gasteiger partial charge in [0, 0.05) is 17.7 Å². The number of carbonyl (C=O) groups is 2. The molecule has 6 N–H and O–H groups in total. The van der Waals surface area contributed by atoms with E-state index in [1.54, 1.807) is 54.6 Å². The van der Waals surface area contributed by atoms with Gasteiger partial charge >= 0.3 is 5.97 Å². The van der Waals surface area contributed by atoms with E-state index in [0.29, 0.717) is 34.9 Å². The van der Waals surface area contributed by atoms with Crippen molar-refractivity contribution in [3.8, 4) is 11.5 Å². The van der Waals surface area contributed by atoms with Crippen molar-refractivity contribution >= 4 is 23.4 Å². The summed E-state index contributed by atoms with van der Waals surface area (Å²) in [7, 11) is 1.50. The van der Waals surface area contributed by atoms with Crippen molar-refractivity contribution in [2.75, 3.05) is 12.4 Å². The summed E-state index contributed by atoms with van der Waals surface area (Å²) in [6.07, 6.45) is 0.110. The number of amides is 1. The Morgan fingerprint density at radius 2 is 1.52 bits per heavy atom. The number of oxime groups is 1. The Hall–Kier alpha value is -5.51. The number of methoxy groups -OCH3 is 1. The number of nitrogens with one attached hydrogen (secondary N) is 2. The van der Waals surface area contributed by atoms with Gasteiger partial charge in [0.2, 0.25) is 5.91 Å². The van der Waals surface area contributed by atoms with E-state index >= 15 is 0 Å². The third-order valence-electron chi connectivity index (χ3n) is 6.52. The summed E-state index contributed by atoms with van der Waals surface area (Å²) in [5, 5.41) is 27.7. The van der Waals surface area contributed by atoms with E-state index in [0.717, 1.165) is 11.1 Å². The largest absolute Gasteiger partial charge is 0.493 e. The maximum absolute atomic E-state index is 13.7. The van der Waals surface area contributed by atoms with Crippen LogP contribution in [0.1, 0.15) is 28.3 Å². The van der Waals surface area contributed by atoms with Crippen LogP contribution < -0.4 is 25.8 Å². The number of nitrogens with two attached hydrogens (primary N) is 1. The van der Waals surface area contributed by atoms with E-state index in [-0.39, 0.29) is 12.3 Å². The van der Waals surface area contributed by atoms with Gasteiger partial charge in [-0.3, -0.25) is 4.79 Å². The molecular weight excluding hydrogens is 536 g/mol. The molecular formula is C32H32N4O6. The Morgan fingerprint density at radius 1 is 0.881 bits per heavy atom. The lowest BCUT2D eigenvalue weighted by atomic mass is 10.0. The zero-order valence-electron chi connectivity index (χ0n) is 22.9. The summed E-state index contributed by atoms with van der Waals surface area (Å²) >= 11 is 0. The second-order valence-electron chi connectivity index (χ2n) is 9.41. The molecule has 1 amide bonds. The predicted octanol–water partition coefficient (Wildman–Crippen LogP) is 4.33. The van der Waals surface area contributed by atoms with Gasteiger partial charge in [0.25, 0.3) is 0 Å². The van der Waals surface area contributed by atoms with Crippen LogP contribution in [0.15, 0.2) is 108 Å². The number of benzene rings is 4. The van der Waals surface area contributed by atoms with Crippen molar-refractivity contribution in [2.24, 2.45) is 10.9 Å². The molecule has 0 aromatic heterocycles. The molecule has 0 aliphatic heterocycles. The molecule has 0 aliphatic carbocycles. The maximum Gasteiger partial charge on any atom is 0.326 e. The maximum atomic E-state index is 13.7. The number of nitrogens with zero attached hydrogens (tertiary/aromatic N) is 1.